The maximum Gasteiger partial charge on any atom is 0.251 e. The van der Waals surface area contributed by atoms with Gasteiger partial charge < -0.3 is 0 Å². The van der Waals surface area contributed by atoms with Crippen LogP contribution >= 0.6 is 0 Å². The first kappa shape index (κ1) is 15.7. The number of hydrazone groups is 1. The van der Waals surface area contributed by atoms with Crippen LogP contribution in [0.4, 0.5) is 5.69 Å². The van der Waals surface area contributed by atoms with E-state index in [9.17, 15) is 4.79 Å². The Kier molecular flexibility index (Phi) is 3.19. The summed E-state index contributed by atoms with van der Waals surface area (Å²) in [6.07, 6.45) is 3.57. The van der Waals surface area contributed by atoms with Crippen LogP contribution in [0.3, 0.4) is 0 Å². The molecule has 2 aromatic rings. The molecule has 2 aliphatic rings. The number of amides is 1. The van der Waals surface area contributed by atoms with E-state index in [-0.39, 0.29) is 11.3 Å². The number of nitrogens with zero attached hydrogens (tertiary/aromatic N) is 3. The van der Waals surface area contributed by atoms with Crippen molar-refractivity contribution in [2.75, 3.05) is 0 Å². The summed E-state index contributed by atoms with van der Waals surface area (Å²) in [5, 5.41) is 4.26. The molecule has 0 bridgehead atoms. The van der Waals surface area contributed by atoms with Crippen molar-refractivity contribution in [3.05, 3.63) is 59.4 Å². The van der Waals surface area contributed by atoms with Gasteiger partial charge in [-0.05, 0) is 54.8 Å². The molecular weight excluding hydrogens is 312 g/mol. The zero-order valence-corrected chi connectivity index (χ0v) is 14.8. The summed E-state index contributed by atoms with van der Waals surface area (Å²) >= 11 is 0. The fourth-order valence-corrected chi connectivity index (χ4v) is 3.52. The lowest BCUT2D eigenvalue weighted by atomic mass is 9.77. The standard InChI is InChI=1S/C20H20N4O/c1-19(2)14-11-13(17-20(3,4)18(25)24-23-17)5-6-15(14)22-16(19)12-7-9-21-10-8-12/h5-11H,1-4H3,(H,24,25). The molecule has 0 saturated heterocycles. The van der Waals surface area contributed by atoms with Crippen LogP contribution in [0.25, 0.3) is 0 Å². The SMILES string of the molecule is CC1(C)C(=O)NN=C1c1ccc2c(c1)C(C)(C)C(c1ccncc1)=N2. The van der Waals surface area contributed by atoms with Crippen LogP contribution in [0.2, 0.25) is 0 Å². The molecule has 5 nitrogen and oxygen atoms in total. The highest BCUT2D eigenvalue weighted by atomic mass is 16.2. The molecule has 0 aliphatic carbocycles. The van der Waals surface area contributed by atoms with Crippen LogP contribution in [0, 0.1) is 5.41 Å². The zero-order chi connectivity index (χ0) is 17.8. The molecule has 0 fully saturated rings. The molecule has 25 heavy (non-hydrogen) atoms. The summed E-state index contributed by atoms with van der Waals surface area (Å²) in [6, 6.07) is 10.1. The number of benzene rings is 1. The first-order valence-electron chi connectivity index (χ1n) is 8.35. The average molecular weight is 332 g/mol. The van der Waals surface area contributed by atoms with Crippen LogP contribution in [-0.2, 0) is 10.2 Å². The lowest BCUT2D eigenvalue weighted by Gasteiger charge is -2.24. The van der Waals surface area contributed by atoms with Gasteiger partial charge in [0.2, 0.25) is 0 Å². The number of nitrogens with one attached hydrogen (secondary N) is 1. The van der Waals surface area contributed by atoms with Gasteiger partial charge in [0.1, 0.15) is 0 Å². The third-order valence-corrected chi connectivity index (χ3v) is 5.15. The molecule has 4 rings (SSSR count). The Bertz CT molecular complexity index is 939. The highest BCUT2D eigenvalue weighted by molar-refractivity contribution is 6.20. The van der Waals surface area contributed by atoms with Crippen LogP contribution < -0.4 is 5.43 Å². The number of carbonyl (C=O) groups excluding carboxylic acids is 1. The number of hydrogen-bond acceptors (Lipinski definition) is 4. The number of aliphatic imine (C=N–C) groups is 1. The van der Waals surface area contributed by atoms with Crippen LogP contribution in [-0.4, -0.2) is 22.3 Å². The van der Waals surface area contributed by atoms with Gasteiger partial charge >= 0.3 is 0 Å². The monoisotopic (exact) mass is 332 g/mol. The van der Waals surface area contributed by atoms with Crippen molar-refractivity contribution in [2.24, 2.45) is 15.5 Å². The summed E-state index contributed by atoms with van der Waals surface area (Å²) < 4.78 is 0. The first-order valence-corrected chi connectivity index (χ1v) is 8.35. The summed E-state index contributed by atoms with van der Waals surface area (Å²) in [7, 11) is 0. The maximum absolute atomic E-state index is 12.0. The second-order valence-corrected chi connectivity index (χ2v) is 7.58. The Hall–Kier alpha value is -2.82. The number of carbonyl (C=O) groups is 1. The molecule has 2 aliphatic heterocycles. The Labute approximate surface area is 146 Å². The topological polar surface area (TPSA) is 66.7 Å². The summed E-state index contributed by atoms with van der Waals surface area (Å²) in [6.45, 7) is 8.14. The van der Waals surface area contributed by atoms with Crippen molar-refractivity contribution < 1.29 is 4.79 Å². The van der Waals surface area contributed by atoms with E-state index >= 15 is 0 Å². The third kappa shape index (κ3) is 2.22. The van der Waals surface area contributed by atoms with E-state index in [0.29, 0.717) is 0 Å². The van der Waals surface area contributed by atoms with E-state index in [1.54, 1.807) is 12.4 Å². The summed E-state index contributed by atoms with van der Waals surface area (Å²) in [4.78, 5) is 21.0. The van der Waals surface area contributed by atoms with Crippen molar-refractivity contribution in [3.63, 3.8) is 0 Å². The molecule has 0 radical (unpaired) electrons. The van der Waals surface area contributed by atoms with Gasteiger partial charge in [-0.1, -0.05) is 19.9 Å². The molecule has 3 heterocycles. The Morgan fingerprint density at radius 2 is 1.60 bits per heavy atom. The van der Waals surface area contributed by atoms with Gasteiger partial charge in [0.25, 0.3) is 5.91 Å². The molecule has 0 saturated carbocycles. The van der Waals surface area contributed by atoms with Crippen molar-refractivity contribution in [3.8, 4) is 0 Å². The number of pyridine rings is 1. The lowest BCUT2D eigenvalue weighted by molar-refractivity contribution is -0.125. The van der Waals surface area contributed by atoms with Gasteiger partial charge in [-0.2, -0.15) is 5.10 Å². The van der Waals surface area contributed by atoms with E-state index < -0.39 is 5.41 Å². The fraction of sp³-hybridized carbons (Fsp3) is 0.300. The fourth-order valence-electron chi connectivity index (χ4n) is 3.52. The Morgan fingerprint density at radius 1 is 0.880 bits per heavy atom. The molecule has 0 spiro atoms. The average Bonchev–Trinajstić information content (AvgIpc) is 3.01. The quantitative estimate of drug-likeness (QED) is 0.916. The molecule has 5 heteroatoms. The van der Waals surface area contributed by atoms with Gasteiger partial charge in [-0.15, -0.1) is 0 Å². The van der Waals surface area contributed by atoms with E-state index in [0.717, 1.165) is 33.8 Å². The smallest absolute Gasteiger partial charge is 0.251 e. The van der Waals surface area contributed by atoms with Crippen molar-refractivity contribution >= 4 is 23.0 Å². The van der Waals surface area contributed by atoms with Crippen molar-refractivity contribution in [2.45, 2.75) is 33.1 Å². The van der Waals surface area contributed by atoms with Gasteiger partial charge in [0.15, 0.2) is 0 Å². The molecule has 0 atom stereocenters. The highest BCUT2D eigenvalue weighted by Gasteiger charge is 2.41. The van der Waals surface area contributed by atoms with Crippen molar-refractivity contribution in [1.82, 2.24) is 10.4 Å². The Morgan fingerprint density at radius 3 is 2.24 bits per heavy atom. The highest BCUT2D eigenvalue weighted by Crippen LogP contribution is 2.43. The molecule has 1 aromatic carbocycles. The number of hydrogen-bond donors (Lipinski definition) is 1. The van der Waals surface area contributed by atoms with Crippen LogP contribution in [0.1, 0.15) is 44.4 Å². The van der Waals surface area contributed by atoms with Gasteiger partial charge in [0, 0.05) is 17.8 Å². The lowest BCUT2D eigenvalue weighted by Crippen LogP contribution is -2.32. The van der Waals surface area contributed by atoms with E-state index in [1.807, 2.05) is 38.1 Å². The first-order chi connectivity index (χ1) is 11.8. The second kappa shape index (κ2) is 5.09. The van der Waals surface area contributed by atoms with Crippen LogP contribution in [0.5, 0.6) is 0 Å². The largest absolute Gasteiger partial charge is 0.272 e. The molecule has 126 valence electrons. The number of rotatable bonds is 2. The van der Waals surface area contributed by atoms with Gasteiger partial charge in [-0.25, -0.2) is 5.43 Å². The maximum atomic E-state index is 12.0. The summed E-state index contributed by atoms with van der Waals surface area (Å²) in [5.41, 5.74) is 7.69. The van der Waals surface area contributed by atoms with E-state index in [1.165, 1.54) is 0 Å². The molecule has 1 amide bonds. The predicted molar refractivity (Wildman–Crippen MR) is 98.4 cm³/mol. The van der Waals surface area contributed by atoms with E-state index in [4.69, 9.17) is 4.99 Å². The van der Waals surface area contributed by atoms with Crippen molar-refractivity contribution in [1.29, 1.82) is 0 Å². The molecule has 0 unspecified atom stereocenters. The van der Waals surface area contributed by atoms with Gasteiger partial charge in [-0.3, -0.25) is 14.8 Å². The number of fused-ring (bicyclic) bond motifs is 1. The minimum absolute atomic E-state index is 0.0732. The third-order valence-electron chi connectivity index (χ3n) is 5.15. The Balaban J connectivity index is 1.78. The number of aromatic nitrogens is 1. The van der Waals surface area contributed by atoms with Crippen LogP contribution in [0.15, 0.2) is 52.8 Å². The second-order valence-electron chi connectivity index (χ2n) is 7.58. The minimum atomic E-state index is -0.633. The molecular formula is C20H20N4O. The van der Waals surface area contributed by atoms with E-state index in [2.05, 4.69) is 35.4 Å². The minimum Gasteiger partial charge on any atom is -0.272 e. The molecule has 1 aromatic heterocycles. The zero-order valence-electron chi connectivity index (χ0n) is 14.8. The normalized spacial score (nSPS) is 19.9. The summed E-state index contributed by atoms with van der Waals surface area (Å²) in [5.74, 6) is -0.0732. The van der Waals surface area contributed by atoms with Gasteiger partial charge in [0.05, 0.1) is 22.5 Å². The molecule has 1 N–H and O–H groups in total. The predicted octanol–water partition coefficient (Wildman–Crippen LogP) is 3.35.